The molecule has 3 rings (SSSR count). The Balaban J connectivity index is 1.69. The van der Waals surface area contributed by atoms with Crippen LogP contribution in [-0.4, -0.2) is 29.1 Å². The minimum absolute atomic E-state index is 0.152. The summed E-state index contributed by atoms with van der Waals surface area (Å²) in [6.07, 6.45) is 1.36. The first-order chi connectivity index (χ1) is 15.1. The fourth-order valence-corrected chi connectivity index (χ4v) is 3.36. The molecule has 0 amide bonds. The molecule has 0 fully saturated rings. The third-order valence-electron chi connectivity index (χ3n) is 5.06. The van der Waals surface area contributed by atoms with Crippen LogP contribution in [0.5, 0.6) is 0 Å². The maximum atomic E-state index is 12.9. The second kappa shape index (κ2) is 11.7. The van der Waals surface area contributed by atoms with Crippen molar-refractivity contribution in [3.05, 3.63) is 108 Å². The molecular weight excluding hydrogens is 390 g/mol. The van der Waals surface area contributed by atoms with Crippen molar-refractivity contribution in [2.75, 3.05) is 0 Å². The molecule has 3 aromatic rings. The number of rotatable bonds is 11. The number of aryl methyl sites for hydroxylation is 1. The van der Waals surface area contributed by atoms with Crippen LogP contribution in [0.15, 0.2) is 91.0 Å². The van der Waals surface area contributed by atoms with Gasteiger partial charge in [-0.2, -0.15) is 0 Å². The van der Waals surface area contributed by atoms with Gasteiger partial charge in [-0.25, -0.2) is 0 Å². The number of ether oxygens (including phenoxy) is 1. The monoisotopic (exact) mass is 417 g/mol. The van der Waals surface area contributed by atoms with Crippen LogP contribution in [0.4, 0.5) is 0 Å². The van der Waals surface area contributed by atoms with E-state index in [2.05, 4.69) is 5.32 Å². The maximum absolute atomic E-state index is 12.9. The lowest BCUT2D eigenvalue weighted by Crippen LogP contribution is -2.49. The van der Waals surface area contributed by atoms with Gasteiger partial charge in [0.25, 0.3) is 0 Å². The molecule has 0 saturated carbocycles. The van der Waals surface area contributed by atoms with Gasteiger partial charge in [0.15, 0.2) is 0 Å². The lowest BCUT2D eigenvalue weighted by atomic mass is 10.0. The molecule has 0 radical (unpaired) electrons. The first-order valence-electron chi connectivity index (χ1n) is 10.4. The highest BCUT2D eigenvalue weighted by atomic mass is 16.5. The molecule has 0 unspecified atom stereocenters. The van der Waals surface area contributed by atoms with Crippen LogP contribution in [0, 0.1) is 0 Å². The highest BCUT2D eigenvalue weighted by molar-refractivity contribution is 5.79. The van der Waals surface area contributed by atoms with Crippen molar-refractivity contribution in [2.45, 2.75) is 38.0 Å². The molecule has 0 bridgehead atoms. The van der Waals surface area contributed by atoms with Crippen molar-refractivity contribution in [2.24, 2.45) is 0 Å². The van der Waals surface area contributed by atoms with Gasteiger partial charge in [-0.3, -0.25) is 14.9 Å². The first-order valence-corrected chi connectivity index (χ1v) is 10.4. The summed E-state index contributed by atoms with van der Waals surface area (Å²) in [4.78, 5) is 24.8. The maximum Gasteiger partial charge on any atom is 0.323 e. The summed E-state index contributed by atoms with van der Waals surface area (Å²) in [6.45, 7) is 0.152. The average Bonchev–Trinajstić information content (AvgIpc) is 2.81. The molecule has 0 aliphatic heterocycles. The van der Waals surface area contributed by atoms with Crippen LogP contribution in [0.25, 0.3) is 0 Å². The summed E-state index contributed by atoms with van der Waals surface area (Å²) in [5.41, 5.74) is 2.86. The first kappa shape index (κ1) is 22.2. The van der Waals surface area contributed by atoms with Crippen LogP contribution >= 0.6 is 0 Å². The van der Waals surface area contributed by atoms with E-state index in [-0.39, 0.29) is 13.0 Å². The van der Waals surface area contributed by atoms with Crippen LogP contribution < -0.4 is 5.32 Å². The predicted octanol–water partition coefficient (Wildman–Crippen LogP) is 4.02. The minimum Gasteiger partial charge on any atom is -0.480 e. The number of esters is 1. The highest BCUT2D eigenvalue weighted by Crippen LogP contribution is 2.11. The molecule has 0 saturated heterocycles. The molecule has 5 nitrogen and oxygen atoms in total. The average molecular weight is 418 g/mol. The Morgan fingerprint density at radius 2 is 1.26 bits per heavy atom. The number of carboxylic acid groups (broad SMARTS) is 1. The van der Waals surface area contributed by atoms with E-state index in [1.54, 1.807) is 0 Å². The molecule has 3 aromatic carbocycles. The number of aliphatic carboxylic acids is 1. The van der Waals surface area contributed by atoms with Gasteiger partial charge in [0.05, 0.1) is 0 Å². The molecule has 0 heterocycles. The smallest absolute Gasteiger partial charge is 0.323 e. The van der Waals surface area contributed by atoms with E-state index < -0.39 is 24.0 Å². The number of carbonyl (C=O) groups is 2. The minimum atomic E-state index is -0.996. The highest BCUT2D eigenvalue weighted by Gasteiger charge is 2.27. The second-order valence-corrected chi connectivity index (χ2v) is 7.42. The van der Waals surface area contributed by atoms with Gasteiger partial charge < -0.3 is 9.84 Å². The summed E-state index contributed by atoms with van der Waals surface area (Å²) in [5, 5.41) is 12.8. The van der Waals surface area contributed by atoms with Crippen LogP contribution in [0.3, 0.4) is 0 Å². The van der Waals surface area contributed by atoms with Crippen molar-refractivity contribution < 1.29 is 19.4 Å². The molecule has 0 aliphatic rings. The fourth-order valence-electron chi connectivity index (χ4n) is 3.36. The Morgan fingerprint density at radius 1 is 0.742 bits per heavy atom. The SMILES string of the molecule is O=C(O)[C@H](Cc1ccccc1)N[C@@H](CCc1ccccc1)C(=O)OCc1ccccc1. The van der Waals surface area contributed by atoms with Crippen LogP contribution in [0.2, 0.25) is 0 Å². The van der Waals surface area contributed by atoms with E-state index in [0.717, 1.165) is 16.7 Å². The number of hydrogen-bond acceptors (Lipinski definition) is 4. The van der Waals surface area contributed by atoms with Gasteiger partial charge in [-0.1, -0.05) is 91.0 Å². The number of hydrogen-bond donors (Lipinski definition) is 2. The van der Waals surface area contributed by atoms with Crippen molar-refractivity contribution >= 4 is 11.9 Å². The molecule has 2 N–H and O–H groups in total. The molecule has 0 spiro atoms. The lowest BCUT2D eigenvalue weighted by molar-refractivity contribution is -0.148. The third-order valence-corrected chi connectivity index (χ3v) is 5.06. The van der Waals surface area contributed by atoms with E-state index in [4.69, 9.17) is 4.74 Å². The summed E-state index contributed by atoms with van der Waals surface area (Å²) in [5.74, 6) is -1.44. The number of carbonyl (C=O) groups excluding carboxylic acids is 1. The normalized spacial score (nSPS) is 12.6. The van der Waals surface area contributed by atoms with Crippen LogP contribution in [0.1, 0.15) is 23.1 Å². The zero-order chi connectivity index (χ0) is 21.9. The van der Waals surface area contributed by atoms with E-state index in [0.29, 0.717) is 12.8 Å². The summed E-state index contributed by atoms with van der Waals surface area (Å²) < 4.78 is 5.52. The summed E-state index contributed by atoms with van der Waals surface area (Å²) in [7, 11) is 0. The van der Waals surface area contributed by atoms with Gasteiger partial charge in [-0.15, -0.1) is 0 Å². The Bertz CT molecular complexity index is 945. The molecule has 0 aliphatic carbocycles. The van der Waals surface area contributed by atoms with E-state index >= 15 is 0 Å². The van der Waals surface area contributed by atoms with E-state index in [1.165, 1.54) is 0 Å². The topological polar surface area (TPSA) is 75.6 Å². The van der Waals surface area contributed by atoms with Gasteiger partial charge in [0.2, 0.25) is 0 Å². The number of benzene rings is 3. The van der Waals surface area contributed by atoms with Gasteiger partial charge in [0, 0.05) is 0 Å². The molecule has 0 aromatic heterocycles. The zero-order valence-corrected chi connectivity index (χ0v) is 17.3. The molecule has 31 heavy (non-hydrogen) atoms. The number of nitrogens with one attached hydrogen (secondary N) is 1. The molecule has 2 atom stereocenters. The fraction of sp³-hybridized carbons (Fsp3) is 0.231. The van der Waals surface area contributed by atoms with E-state index in [1.807, 2.05) is 91.0 Å². The summed E-state index contributed by atoms with van der Waals surface area (Å²) >= 11 is 0. The Kier molecular flexibility index (Phi) is 8.38. The molecule has 5 heteroatoms. The Hall–Kier alpha value is -3.44. The van der Waals surface area contributed by atoms with Gasteiger partial charge in [0.1, 0.15) is 18.7 Å². The Labute approximate surface area is 182 Å². The van der Waals surface area contributed by atoms with Gasteiger partial charge >= 0.3 is 11.9 Å². The lowest BCUT2D eigenvalue weighted by Gasteiger charge is -2.22. The second-order valence-electron chi connectivity index (χ2n) is 7.42. The van der Waals surface area contributed by atoms with Crippen molar-refractivity contribution in [1.82, 2.24) is 5.32 Å². The zero-order valence-electron chi connectivity index (χ0n) is 17.3. The van der Waals surface area contributed by atoms with Crippen molar-refractivity contribution in [3.63, 3.8) is 0 Å². The molecular formula is C26H27NO4. The summed E-state index contributed by atoms with van der Waals surface area (Å²) in [6, 6.07) is 27.0. The van der Waals surface area contributed by atoms with Crippen LogP contribution in [-0.2, 0) is 33.8 Å². The molecule has 160 valence electrons. The quantitative estimate of drug-likeness (QED) is 0.461. The van der Waals surface area contributed by atoms with Crippen molar-refractivity contribution in [1.29, 1.82) is 0 Å². The van der Waals surface area contributed by atoms with Gasteiger partial charge in [-0.05, 0) is 36.0 Å². The largest absolute Gasteiger partial charge is 0.480 e. The van der Waals surface area contributed by atoms with Crippen molar-refractivity contribution in [3.8, 4) is 0 Å². The third kappa shape index (κ3) is 7.39. The number of carboxylic acids is 1. The van der Waals surface area contributed by atoms with E-state index in [9.17, 15) is 14.7 Å². The predicted molar refractivity (Wildman–Crippen MR) is 119 cm³/mol. The Morgan fingerprint density at radius 3 is 1.81 bits per heavy atom. The standard InChI is InChI=1S/C26H27NO4/c28-25(29)24(18-21-12-6-2-7-13-21)27-23(17-16-20-10-4-1-5-11-20)26(30)31-19-22-14-8-3-9-15-22/h1-15,23-24,27H,16-19H2,(H,28,29)/t23-,24-/m0/s1.